The number of aliphatic hydroxyl groups excluding tert-OH is 2. The second-order valence-corrected chi connectivity index (χ2v) is 3.85. The van der Waals surface area contributed by atoms with Crippen LogP contribution in [0.4, 0.5) is 5.82 Å². The van der Waals surface area contributed by atoms with Gasteiger partial charge in [0.05, 0.1) is 6.10 Å². The first kappa shape index (κ1) is 11.6. The first-order valence-electron chi connectivity index (χ1n) is 5.05. The molecule has 1 saturated heterocycles. The lowest BCUT2D eigenvalue weighted by atomic mass is 10.1. The van der Waals surface area contributed by atoms with E-state index in [1.54, 1.807) is 0 Å². The van der Waals surface area contributed by atoms with E-state index in [0.29, 0.717) is 0 Å². The Labute approximate surface area is 96.8 Å². The van der Waals surface area contributed by atoms with Crippen LogP contribution in [0.3, 0.4) is 0 Å². The second kappa shape index (κ2) is 4.19. The minimum absolute atomic E-state index is 0.118. The summed E-state index contributed by atoms with van der Waals surface area (Å²) < 4.78 is 6.54. The average Bonchev–Trinajstić information content (AvgIpc) is 2.60. The molecule has 3 atom stereocenters. The maximum absolute atomic E-state index is 11.5. The quantitative estimate of drug-likeness (QED) is 0.602. The summed E-state index contributed by atoms with van der Waals surface area (Å²) in [6, 6.07) is 1.46. The Bertz CT molecular complexity index is 499. The van der Waals surface area contributed by atoms with Crippen molar-refractivity contribution < 1.29 is 14.9 Å². The molecule has 0 aliphatic carbocycles. The van der Waals surface area contributed by atoms with Crippen LogP contribution in [0.5, 0.6) is 0 Å². The third-order valence-electron chi connectivity index (χ3n) is 2.59. The molecule has 0 radical (unpaired) electrons. The highest BCUT2D eigenvalue weighted by atomic mass is 16.5. The standard InChI is InChI=1S/C10H13N3O4/c1-5(14)9-6(15)4-8(17-9)13-3-2-7(11)12-10(13)16/h2-3,6,8-9,14-15H,1,4H2,(H2,11,12,16)/t6-,8+,9+/m0/s1. The van der Waals surface area contributed by atoms with Gasteiger partial charge in [0.25, 0.3) is 0 Å². The molecule has 17 heavy (non-hydrogen) atoms. The second-order valence-electron chi connectivity index (χ2n) is 3.85. The van der Waals surface area contributed by atoms with Gasteiger partial charge < -0.3 is 20.7 Å². The van der Waals surface area contributed by atoms with Gasteiger partial charge >= 0.3 is 5.69 Å². The van der Waals surface area contributed by atoms with Crippen molar-refractivity contribution in [2.75, 3.05) is 5.73 Å². The molecule has 1 aliphatic rings. The summed E-state index contributed by atoms with van der Waals surface area (Å²) in [5, 5.41) is 18.8. The number of hydrogen-bond donors (Lipinski definition) is 3. The minimum Gasteiger partial charge on any atom is -0.510 e. The maximum atomic E-state index is 11.5. The van der Waals surface area contributed by atoms with E-state index in [2.05, 4.69) is 11.6 Å². The van der Waals surface area contributed by atoms with Crippen LogP contribution in [-0.4, -0.2) is 32.0 Å². The molecule has 0 saturated carbocycles. The maximum Gasteiger partial charge on any atom is 0.351 e. The molecule has 1 aliphatic heterocycles. The van der Waals surface area contributed by atoms with Gasteiger partial charge in [0, 0.05) is 12.6 Å². The first-order valence-corrected chi connectivity index (χ1v) is 5.05. The number of nitrogens with zero attached hydrogens (tertiary/aromatic N) is 2. The number of nitrogens with two attached hydrogens (primary N) is 1. The monoisotopic (exact) mass is 239 g/mol. The molecule has 2 rings (SSSR count). The molecule has 4 N–H and O–H groups in total. The zero-order valence-corrected chi connectivity index (χ0v) is 8.98. The highest BCUT2D eigenvalue weighted by Gasteiger charge is 2.37. The van der Waals surface area contributed by atoms with Gasteiger partial charge in [-0.25, -0.2) is 4.79 Å². The lowest BCUT2D eigenvalue weighted by molar-refractivity contribution is -0.0190. The first-order chi connectivity index (χ1) is 7.99. The molecule has 0 unspecified atom stereocenters. The molecule has 1 aromatic heterocycles. The largest absolute Gasteiger partial charge is 0.510 e. The number of ether oxygens (including phenoxy) is 1. The number of aliphatic hydroxyl groups is 2. The van der Waals surface area contributed by atoms with Gasteiger partial charge in [0.2, 0.25) is 0 Å². The van der Waals surface area contributed by atoms with Gasteiger partial charge in [0.15, 0.2) is 0 Å². The highest BCUT2D eigenvalue weighted by Crippen LogP contribution is 2.30. The normalized spacial score (nSPS) is 28.2. The van der Waals surface area contributed by atoms with E-state index in [9.17, 15) is 15.0 Å². The molecule has 0 spiro atoms. The fourth-order valence-electron chi connectivity index (χ4n) is 1.77. The van der Waals surface area contributed by atoms with E-state index < -0.39 is 24.1 Å². The Hall–Kier alpha value is -1.86. The molecule has 1 fully saturated rings. The summed E-state index contributed by atoms with van der Waals surface area (Å²) in [7, 11) is 0. The molecule has 92 valence electrons. The molecule has 0 amide bonds. The molecular weight excluding hydrogens is 226 g/mol. The summed E-state index contributed by atoms with van der Waals surface area (Å²) in [5.74, 6) is -0.149. The van der Waals surface area contributed by atoms with Crippen molar-refractivity contribution >= 4 is 5.82 Å². The Morgan fingerprint density at radius 1 is 1.71 bits per heavy atom. The van der Waals surface area contributed by atoms with Crippen LogP contribution in [0.25, 0.3) is 0 Å². The van der Waals surface area contributed by atoms with Gasteiger partial charge in [-0.1, -0.05) is 6.58 Å². The topological polar surface area (TPSA) is 111 Å². The Morgan fingerprint density at radius 2 is 2.41 bits per heavy atom. The fourth-order valence-corrected chi connectivity index (χ4v) is 1.77. The SMILES string of the molecule is C=C(O)[C@H]1O[C@@H](n2ccc(N)nc2=O)C[C@@H]1O. The summed E-state index contributed by atoms with van der Waals surface area (Å²) in [5.41, 5.74) is 4.80. The molecule has 0 bridgehead atoms. The van der Waals surface area contributed by atoms with Crippen LogP contribution in [0, 0.1) is 0 Å². The van der Waals surface area contributed by atoms with E-state index >= 15 is 0 Å². The Morgan fingerprint density at radius 3 is 2.94 bits per heavy atom. The van der Waals surface area contributed by atoms with E-state index in [4.69, 9.17) is 10.5 Å². The van der Waals surface area contributed by atoms with E-state index in [-0.39, 0.29) is 18.0 Å². The van der Waals surface area contributed by atoms with Crippen LogP contribution in [0.15, 0.2) is 29.4 Å². The van der Waals surface area contributed by atoms with Crippen LogP contribution >= 0.6 is 0 Å². The van der Waals surface area contributed by atoms with Crippen LogP contribution < -0.4 is 11.4 Å². The lowest BCUT2D eigenvalue weighted by Gasteiger charge is -2.14. The van der Waals surface area contributed by atoms with Crippen molar-refractivity contribution in [3.8, 4) is 0 Å². The summed E-state index contributed by atoms with van der Waals surface area (Å²) in [6.07, 6.45) is -0.855. The molecule has 7 heteroatoms. The predicted molar refractivity (Wildman–Crippen MR) is 59.2 cm³/mol. The zero-order chi connectivity index (χ0) is 12.6. The van der Waals surface area contributed by atoms with Gasteiger partial charge in [-0.15, -0.1) is 0 Å². The van der Waals surface area contributed by atoms with Crippen molar-refractivity contribution in [2.24, 2.45) is 0 Å². The number of rotatable bonds is 2. The van der Waals surface area contributed by atoms with Gasteiger partial charge in [-0.3, -0.25) is 4.57 Å². The smallest absolute Gasteiger partial charge is 0.351 e. The molecule has 7 nitrogen and oxygen atoms in total. The summed E-state index contributed by atoms with van der Waals surface area (Å²) >= 11 is 0. The third kappa shape index (κ3) is 2.15. The fraction of sp³-hybridized carbons (Fsp3) is 0.400. The number of aromatic nitrogens is 2. The third-order valence-corrected chi connectivity index (χ3v) is 2.59. The molecule has 0 aromatic carbocycles. The molecule has 1 aromatic rings. The van der Waals surface area contributed by atoms with Crippen molar-refractivity contribution in [3.05, 3.63) is 35.1 Å². The predicted octanol–water partition coefficient (Wildman–Crippen LogP) is -0.454. The van der Waals surface area contributed by atoms with Gasteiger partial charge in [0.1, 0.15) is 23.9 Å². The van der Waals surface area contributed by atoms with Crippen LogP contribution in [0.2, 0.25) is 0 Å². The lowest BCUT2D eigenvalue weighted by Crippen LogP contribution is -2.27. The van der Waals surface area contributed by atoms with E-state index in [0.717, 1.165) is 0 Å². The van der Waals surface area contributed by atoms with E-state index in [1.165, 1.54) is 16.8 Å². The molecule has 2 heterocycles. The zero-order valence-electron chi connectivity index (χ0n) is 8.98. The Kier molecular flexibility index (Phi) is 2.86. The Balaban J connectivity index is 2.26. The van der Waals surface area contributed by atoms with Crippen molar-refractivity contribution in [2.45, 2.75) is 24.9 Å². The van der Waals surface area contributed by atoms with Gasteiger partial charge in [-0.05, 0) is 6.07 Å². The highest BCUT2D eigenvalue weighted by molar-refractivity contribution is 5.23. The van der Waals surface area contributed by atoms with Crippen molar-refractivity contribution in [3.63, 3.8) is 0 Å². The van der Waals surface area contributed by atoms with Crippen molar-refractivity contribution in [1.82, 2.24) is 9.55 Å². The summed E-state index contributed by atoms with van der Waals surface area (Å²) in [6.45, 7) is 3.30. The minimum atomic E-state index is -0.901. The number of hydrogen-bond acceptors (Lipinski definition) is 6. The average molecular weight is 239 g/mol. The van der Waals surface area contributed by atoms with Crippen LogP contribution in [0.1, 0.15) is 12.6 Å². The van der Waals surface area contributed by atoms with Crippen LogP contribution in [-0.2, 0) is 4.74 Å². The number of nitrogen functional groups attached to an aromatic ring is 1. The van der Waals surface area contributed by atoms with Gasteiger partial charge in [-0.2, -0.15) is 4.98 Å². The molecular formula is C10H13N3O4. The summed E-state index contributed by atoms with van der Waals surface area (Å²) in [4.78, 5) is 15.1. The number of anilines is 1. The van der Waals surface area contributed by atoms with E-state index in [1.807, 2.05) is 0 Å². The van der Waals surface area contributed by atoms with Crippen molar-refractivity contribution in [1.29, 1.82) is 0 Å².